The zero-order valence-electron chi connectivity index (χ0n) is 12.5. The second-order valence-electron chi connectivity index (χ2n) is 4.54. The third-order valence-corrected chi connectivity index (χ3v) is 2.78. The van der Waals surface area contributed by atoms with E-state index in [1.54, 1.807) is 6.07 Å². The van der Waals surface area contributed by atoms with Crippen molar-refractivity contribution in [2.75, 3.05) is 11.9 Å². The summed E-state index contributed by atoms with van der Waals surface area (Å²) >= 11 is 3.97. The van der Waals surface area contributed by atoms with E-state index in [-0.39, 0.29) is 17.4 Å². The molecule has 1 aromatic rings. The normalized spacial score (nSPS) is 10.6. The average Bonchev–Trinajstić information content (AvgIpc) is 2.38. The van der Waals surface area contributed by atoms with E-state index in [4.69, 9.17) is 16.2 Å². The third kappa shape index (κ3) is 10.7. The molecule has 1 rings (SSSR count). The number of rotatable bonds is 6. The molecule has 118 valence electrons. The summed E-state index contributed by atoms with van der Waals surface area (Å²) in [6, 6.07) is 4.99. The fraction of sp³-hybridized carbons (Fsp3) is 0.400. The number of aliphatic hydroxyl groups excluding tert-OH is 1. The minimum absolute atomic E-state index is 0.0625. The van der Waals surface area contributed by atoms with E-state index in [0.717, 1.165) is 18.7 Å². The van der Waals surface area contributed by atoms with Crippen molar-refractivity contribution in [1.82, 2.24) is 0 Å². The highest BCUT2D eigenvalue weighted by Gasteiger charge is 1.98. The lowest BCUT2D eigenvalue weighted by molar-refractivity contribution is 0.415. The number of hydrogen-bond donors (Lipinski definition) is 5. The Bertz CT molecular complexity index is 474. The van der Waals surface area contributed by atoms with Crippen LogP contribution in [0.15, 0.2) is 34.9 Å². The maximum atomic E-state index is 13.0. The molecule has 0 saturated carbocycles. The molecule has 5 N–H and O–H groups in total. The Kier molecular flexibility index (Phi) is 10.1. The first kappa shape index (κ1) is 19.3. The van der Waals surface area contributed by atoms with Gasteiger partial charge in [0.05, 0.1) is 5.76 Å². The molecule has 0 atom stereocenters. The number of hydrogen-bond acceptors (Lipinski definition) is 4. The third-order valence-electron chi connectivity index (χ3n) is 2.42. The van der Waals surface area contributed by atoms with E-state index in [2.05, 4.69) is 24.9 Å². The SMILES string of the molecule is C/C(O)=C/C(=N)N.CCCCCNc1ccc(S)c(F)c1. The van der Waals surface area contributed by atoms with E-state index in [9.17, 15) is 4.39 Å². The Hall–Kier alpha value is -1.69. The molecule has 0 heterocycles. The van der Waals surface area contributed by atoms with Crippen molar-refractivity contribution >= 4 is 24.2 Å². The first-order valence-corrected chi connectivity index (χ1v) is 7.25. The molecule has 4 nitrogen and oxygen atoms in total. The highest BCUT2D eigenvalue weighted by atomic mass is 32.1. The lowest BCUT2D eigenvalue weighted by Gasteiger charge is -2.06. The monoisotopic (exact) mass is 313 g/mol. The maximum absolute atomic E-state index is 13.0. The van der Waals surface area contributed by atoms with Crippen LogP contribution in [0, 0.1) is 11.2 Å². The van der Waals surface area contributed by atoms with Crippen molar-refractivity contribution in [2.45, 2.75) is 38.0 Å². The van der Waals surface area contributed by atoms with Gasteiger partial charge in [0.25, 0.3) is 0 Å². The van der Waals surface area contributed by atoms with Gasteiger partial charge in [0.1, 0.15) is 11.7 Å². The van der Waals surface area contributed by atoms with Crippen molar-refractivity contribution in [1.29, 1.82) is 5.41 Å². The molecule has 0 aromatic heterocycles. The topological polar surface area (TPSA) is 82.1 Å². The quantitative estimate of drug-likeness (QED) is 0.180. The smallest absolute Gasteiger partial charge is 0.138 e. The van der Waals surface area contributed by atoms with Gasteiger partial charge in [-0.2, -0.15) is 0 Å². The predicted molar refractivity (Wildman–Crippen MR) is 90.0 cm³/mol. The van der Waals surface area contributed by atoms with Crippen LogP contribution in [0.25, 0.3) is 0 Å². The highest BCUT2D eigenvalue weighted by molar-refractivity contribution is 7.80. The van der Waals surface area contributed by atoms with E-state index in [0.29, 0.717) is 4.90 Å². The van der Waals surface area contributed by atoms with Crippen LogP contribution in [0.1, 0.15) is 33.1 Å². The Morgan fingerprint density at radius 2 is 2.14 bits per heavy atom. The van der Waals surface area contributed by atoms with Gasteiger partial charge in [-0.3, -0.25) is 5.41 Å². The molecule has 1 aromatic carbocycles. The molecular weight excluding hydrogens is 289 g/mol. The fourth-order valence-corrected chi connectivity index (χ4v) is 1.59. The van der Waals surface area contributed by atoms with Crippen molar-refractivity contribution in [3.63, 3.8) is 0 Å². The number of thiol groups is 1. The zero-order chi connectivity index (χ0) is 16.3. The van der Waals surface area contributed by atoms with Crippen LogP contribution in [0.4, 0.5) is 10.1 Å². The standard InChI is InChI=1S/C11H16FNS.C4H8N2O/c1-2-3-4-7-13-9-5-6-11(14)10(12)8-9;1-3(7)2-4(5)6/h5-6,8,13-14H,2-4,7H2,1H3;2,7H,1H3,(H3,5,6)/b;3-2-. The minimum Gasteiger partial charge on any atom is -0.512 e. The highest BCUT2D eigenvalue weighted by Crippen LogP contribution is 2.17. The number of unbranched alkanes of at least 4 members (excludes halogenated alkanes) is 2. The molecule has 0 amide bonds. The van der Waals surface area contributed by atoms with Crippen molar-refractivity contribution < 1.29 is 9.50 Å². The van der Waals surface area contributed by atoms with Gasteiger partial charge in [-0.05, 0) is 31.5 Å². The summed E-state index contributed by atoms with van der Waals surface area (Å²) < 4.78 is 13.0. The molecule has 6 heteroatoms. The summed E-state index contributed by atoms with van der Waals surface area (Å²) in [6.07, 6.45) is 4.70. The summed E-state index contributed by atoms with van der Waals surface area (Å²) in [6.45, 7) is 4.52. The second-order valence-corrected chi connectivity index (χ2v) is 5.02. The van der Waals surface area contributed by atoms with Gasteiger partial charge in [-0.1, -0.05) is 19.8 Å². The minimum atomic E-state index is -0.270. The molecule has 0 aliphatic carbocycles. The van der Waals surface area contributed by atoms with Crippen LogP contribution in [-0.2, 0) is 0 Å². The van der Waals surface area contributed by atoms with Crippen LogP contribution < -0.4 is 11.1 Å². The van der Waals surface area contributed by atoms with E-state index < -0.39 is 0 Å². The first-order chi connectivity index (χ1) is 9.86. The van der Waals surface area contributed by atoms with Crippen LogP contribution >= 0.6 is 12.6 Å². The molecule has 0 bridgehead atoms. The number of anilines is 1. The molecule has 0 saturated heterocycles. The van der Waals surface area contributed by atoms with Crippen LogP contribution in [0.2, 0.25) is 0 Å². The molecule has 0 spiro atoms. The number of aliphatic hydroxyl groups is 1. The molecule has 0 aliphatic rings. The molecule has 0 fully saturated rings. The van der Waals surface area contributed by atoms with Gasteiger partial charge in [-0.15, -0.1) is 12.6 Å². The van der Waals surface area contributed by atoms with Crippen LogP contribution in [-0.4, -0.2) is 17.5 Å². The molecule has 21 heavy (non-hydrogen) atoms. The number of halogens is 1. The van der Waals surface area contributed by atoms with Crippen molar-refractivity contribution in [2.24, 2.45) is 5.73 Å². The largest absolute Gasteiger partial charge is 0.512 e. The number of nitrogens with two attached hydrogens (primary N) is 1. The Morgan fingerprint density at radius 3 is 2.57 bits per heavy atom. The fourth-order valence-electron chi connectivity index (χ4n) is 1.45. The lowest BCUT2D eigenvalue weighted by Crippen LogP contribution is -2.05. The van der Waals surface area contributed by atoms with Gasteiger partial charge in [0, 0.05) is 23.2 Å². The molecule has 0 aliphatic heterocycles. The Labute approximate surface area is 131 Å². The van der Waals surface area contributed by atoms with Gasteiger partial charge in [0.2, 0.25) is 0 Å². The second kappa shape index (κ2) is 11.0. The van der Waals surface area contributed by atoms with Gasteiger partial charge >= 0.3 is 0 Å². The van der Waals surface area contributed by atoms with Crippen molar-refractivity contribution in [3.8, 4) is 0 Å². The summed E-state index contributed by atoms with van der Waals surface area (Å²) in [5, 5.41) is 18.1. The first-order valence-electron chi connectivity index (χ1n) is 6.80. The van der Waals surface area contributed by atoms with Gasteiger partial charge < -0.3 is 16.2 Å². The summed E-state index contributed by atoms with van der Waals surface area (Å²) in [4.78, 5) is 0.393. The summed E-state index contributed by atoms with van der Waals surface area (Å²) in [7, 11) is 0. The number of benzene rings is 1. The van der Waals surface area contributed by atoms with Gasteiger partial charge in [0.15, 0.2) is 0 Å². The molecular formula is C15H24FN3OS. The molecule has 0 radical (unpaired) electrons. The Balaban J connectivity index is 0.000000486. The molecule has 0 unspecified atom stereocenters. The van der Waals surface area contributed by atoms with E-state index >= 15 is 0 Å². The van der Waals surface area contributed by atoms with Gasteiger partial charge in [-0.25, -0.2) is 4.39 Å². The summed E-state index contributed by atoms with van der Waals surface area (Å²) in [5.41, 5.74) is 5.67. The summed E-state index contributed by atoms with van der Waals surface area (Å²) in [5.74, 6) is -0.332. The van der Waals surface area contributed by atoms with Crippen molar-refractivity contribution in [3.05, 3.63) is 35.9 Å². The number of nitrogens with one attached hydrogen (secondary N) is 2. The van der Waals surface area contributed by atoms with Crippen LogP contribution in [0.3, 0.4) is 0 Å². The predicted octanol–water partition coefficient (Wildman–Crippen LogP) is 4.10. The average molecular weight is 313 g/mol. The number of allylic oxidation sites excluding steroid dienone is 1. The zero-order valence-corrected chi connectivity index (χ0v) is 13.4. The number of amidine groups is 1. The van der Waals surface area contributed by atoms with Crippen LogP contribution in [0.5, 0.6) is 0 Å². The lowest BCUT2D eigenvalue weighted by atomic mass is 10.2. The van der Waals surface area contributed by atoms with E-state index in [1.807, 2.05) is 6.07 Å². The van der Waals surface area contributed by atoms with E-state index in [1.165, 1.54) is 31.9 Å². The maximum Gasteiger partial charge on any atom is 0.138 e. The Morgan fingerprint density at radius 1 is 1.48 bits per heavy atom.